The summed E-state index contributed by atoms with van der Waals surface area (Å²) in [6.07, 6.45) is -0.645. The van der Waals surface area contributed by atoms with Gasteiger partial charge in [0.2, 0.25) is 5.88 Å². The minimum absolute atomic E-state index is 0.526. The van der Waals surface area contributed by atoms with E-state index in [1.54, 1.807) is 20.1 Å². The fourth-order valence-electron chi connectivity index (χ4n) is 1.54. The first-order valence-corrected chi connectivity index (χ1v) is 5.34. The Hall–Kier alpha value is -2.05. The van der Waals surface area contributed by atoms with Crippen molar-refractivity contribution < 1.29 is 9.84 Å². The van der Waals surface area contributed by atoms with Crippen LogP contribution in [0, 0.1) is 11.8 Å². The van der Waals surface area contributed by atoms with Gasteiger partial charge in [-0.25, -0.2) is 4.98 Å². The van der Waals surface area contributed by atoms with Gasteiger partial charge in [0, 0.05) is 17.0 Å². The lowest BCUT2D eigenvalue weighted by atomic mass is 10.1. The summed E-state index contributed by atoms with van der Waals surface area (Å²) in [5.41, 5.74) is 1.65. The molecule has 3 heteroatoms. The fourth-order valence-corrected chi connectivity index (χ4v) is 1.54. The maximum atomic E-state index is 9.19. The highest BCUT2D eigenvalue weighted by Crippen LogP contribution is 2.20. The summed E-state index contributed by atoms with van der Waals surface area (Å²) < 4.78 is 5.13. The van der Waals surface area contributed by atoms with Crippen LogP contribution in [0.15, 0.2) is 30.3 Å². The van der Waals surface area contributed by atoms with E-state index in [4.69, 9.17) is 4.74 Å². The number of nitrogens with zero attached hydrogens (tertiary/aromatic N) is 1. The zero-order valence-electron chi connectivity index (χ0n) is 9.77. The molecule has 1 heterocycles. The summed E-state index contributed by atoms with van der Waals surface area (Å²) in [5.74, 6) is 6.20. The summed E-state index contributed by atoms with van der Waals surface area (Å²) in [6.45, 7) is 1.63. The summed E-state index contributed by atoms with van der Waals surface area (Å²) in [5, 5.41) is 10.2. The Balaban J connectivity index is 2.64. The van der Waals surface area contributed by atoms with Crippen LogP contribution in [0.1, 0.15) is 12.5 Å². The first-order valence-electron chi connectivity index (χ1n) is 5.34. The van der Waals surface area contributed by atoms with Gasteiger partial charge in [-0.05, 0) is 13.0 Å². The van der Waals surface area contributed by atoms with Crippen molar-refractivity contribution in [3.8, 4) is 17.7 Å². The second kappa shape index (κ2) is 4.86. The molecule has 0 aliphatic heterocycles. The molecular weight excluding hydrogens is 214 g/mol. The molecule has 1 unspecified atom stereocenters. The van der Waals surface area contributed by atoms with Crippen LogP contribution in [-0.4, -0.2) is 23.3 Å². The normalized spacial score (nSPS) is 11.7. The number of benzene rings is 1. The third kappa shape index (κ3) is 2.55. The number of hydrogen-bond acceptors (Lipinski definition) is 3. The molecule has 0 fully saturated rings. The third-order valence-electron chi connectivity index (χ3n) is 2.32. The quantitative estimate of drug-likeness (QED) is 0.757. The third-order valence-corrected chi connectivity index (χ3v) is 2.32. The predicted octanol–water partition coefficient (Wildman–Crippen LogP) is 1.98. The maximum absolute atomic E-state index is 9.19. The highest BCUT2D eigenvalue weighted by Gasteiger charge is 2.03. The molecule has 17 heavy (non-hydrogen) atoms. The average Bonchev–Trinajstić information content (AvgIpc) is 2.35. The van der Waals surface area contributed by atoms with Crippen LogP contribution < -0.4 is 4.74 Å². The van der Waals surface area contributed by atoms with E-state index in [2.05, 4.69) is 16.8 Å². The molecule has 0 aliphatic rings. The van der Waals surface area contributed by atoms with Gasteiger partial charge in [0.05, 0.1) is 12.6 Å². The highest BCUT2D eigenvalue weighted by molar-refractivity contribution is 5.85. The van der Waals surface area contributed by atoms with E-state index in [1.165, 1.54) is 0 Å². The van der Waals surface area contributed by atoms with Crippen molar-refractivity contribution in [3.63, 3.8) is 0 Å². The summed E-state index contributed by atoms with van der Waals surface area (Å²) >= 11 is 0. The molecule has 0 saturated heterocycles. The van der Waals surface area contributed by atoms with E-state index < -0.39 is 6.10 Å². The molecule has 0 aliphatic carbocycles. The van der Waals surface area contributed by atoms with Gasteiger partial charge in [-0.3, -0.25) is 0 Å². The van der Waals surface area contributed by atoms with E-state index in [0.29, 0.717) is 5.88 Å². The van der Waals surface area contributed by atoms with Gasteiger partial charge in [-0.1, -0.05) is 30.0 Å². The van der Waals surface area contributed by atoms with Crippen LogP contribution in [0.3, 0.4) is 0 Å². The number of aromatic nitrogens is 1. The van der Waals surface area contributed by atoms with Crippen molar-refractivity contribution >= 4 is 10.9 Å². The molecule has 1 N–H and O–H groups in total. The Morgan fingerprint density at radius 1 is 1.35 bits per heavy atom. The molecular formula is C14H13NO2. The zero-order chi connectivity index (χ0) is 12.3. The van der Waals surface area contributed by atoms with Gasteiger partial charge < -0.3 is 9.84 Å². The van der Waals surface area contributed by atoms with Gasteiger partial charge in [0.1, 0.15) is 6.10 Å². The fraction of sp³-hybridized carbons (Fsp3) is 0.214. The predicted molar refractivity (Wildman–Crippen MR) is 66.9 cm³/mol. The van der Waals surface area contributed by atoms with E-state index in [-0.39, 0.29) is 0 Å². The number of pyridine rings is 1. The Bertz CT molecular complexity index is 594. The summed E-state index contributed by atoms with van der Waals surface area (Å²) in [7, 11) is 1.57. The molecule has 2 aromatic rings. The van der Waals surface area contributed by atoms with Crippen LogP contribution in [0.25, 0.3) is 10.9 Å². The molecule has 3 nitrogen and oxygen atoms in total. The number of rotatable bonds is 1. The molecule has 1 aromatic carbocycles. The molecule has 86 valence electrons. The molecule has 2 rings (SSSR count). The first kappa shape index (κ1) is 11.4. The van der Waals surface area contributed by atoms with E-state index in [1.807, 2.05) is 24.3 Å². The molecule has 1 aromatic heterocycles. The van der Waals surface area contributed by atoms with Crippen LogP contribution in [0.5, 0.6) is 5.88 Å². The zero-order valence-corrected chi connectivity index (χ0v) is 9.77. The SMILES string of the molecule is COc1cc(C#CC(C)O)c2ccccc2n1. The number of hydrogen-bond donors (Lipinski definition) is 1. The molecule has 0 spiro atoms. The summed E-state index contributed by atoms with van der Waals surface area (Å²) in [4.78, 5) is 4.33. The Morgan fingerprint density at radius 3 is 2.82 bits per heavy atom. The number of ether oxygens (including phenoxy) is 1. The van der Waals surface area contributed by atoms with Gasteiger partial charge in [0.25, 0.3) is 0 Å². The highest BCUT2D eigenvalue weighted by atomic mass is 16.5. The Morgan fingerprint density at radius 2 is 2.12 bits per heavy atom. The van der Waals surface area contributed by atoms with Gasteiger partial charge in [-0.15, -0.1) is 0 Å². The standard InChI is InChI=1S/C14H13NO2/c1-10(16)7-8-11-9-14(17-2)15-13-6-4-3-5-12(11)13/h3-6,9-10,16H,1-2H3. The van der Waals surface area contributed by atoms with Crippen molar-refractivity contribution in [1.82, 2.24) is 4.98 Å². The number of para-hydroxylation sites is 1. The largest absolute Gasteiger partial charge is 0.481 e. The number of aliphatic hydroxyl groups is 1. The number of aliphatic hydroxyl groups excluding tert-OH is 1. The van der Waals surface area contributed by atoms with Crippen molar-refractivity contribution in [2.45, 2.75) is 13.0 Å². The van der Waals surface area contributed by atoms with Crippen molar-refractivity contribution in [1.29, 1.82) is 0 Å². The second-order valence-corrected chi connectivity index (χ2v) is 3.67. The molecule has 0 bridgehead atoms. The Labute approximate surface area is 100 Å². The van der Waals surface area contributed by atoms with E-state index >= 15 is 0 Å². The molecule has 0 radical (unpaired) electrons. The average molecular weight is 227 g/mol. The van der Waals surface area contributed by atoms with Crippen LogP contribution >= 0.6 is 0 Å². The smallest absolute Gasteiger partial charge is 0.214 e. The number of fused-ring (bicyclic) bond motifs is 1. The minimum Gasteiger partial charge on any atom is -0.481 e. The van der Waals surface area contributed by atoms with Crippen LogP contribution in [-0.2, 0) is 0 Å². The molecule has 1 atom stereocenters. The second-order valence-electron chi connectivity index (χ2n) is 3.67. The summed E-state index contributed by atoms with van der Waals surface area (Å²) in [6, 6.07) is 9.49. The van der Waals surface area contributed by atoms with Crippen LogP contribution in [0.2, 0.25) is 0 Å². The van der Waals surface area contributed by atoms with Gasteiger partial charge in [-0.2, -0.15) is 0 Å². The van der Waals surface area contributed by atoms with Gasteiger partial charge >= 0.3 is 0 Å². The lowest BCUT2D eigenvalue weighted by molar-refractivity contribution is 0.253. The van der Waals surface area contributed by atoms with E-state index in [0.717, 1.165) is 16.5 Å². The van der Waals surface area contributed by atoms with Crippen LogP contribution in [0.4, 0.5) is 0 Å². The topological polar surface area (TPSA) is 42.4 Å². The molecule has 0 saturated carbocycles. The first-order chi connectivity index (χ1) is 8.20. The monoisotopic (exact) mass is 227 g/mol. The lowest BCUT2D eigenvalue weighted by Gasteiger charge is -2.04. The number of methoxy groups -OCH3 is 1. The van der Waals surface area contributed by atoms with Crippen molar-refractivity contribution in [3.05, 3.63) is 35.9 Å². The Kier molecular flexibility index (Phi) is 3.27. The van der Waals surface area contributed by atoms with E-state index in [9.17, 15) is 5.11 Å². The maximum Gasteiger partial charge on any atom is 0.214 e. The minimum atomic E-state index is -0.645. The lowest BCUT2D eigenvalue weighted by Crippen LogP contribution is -1.94. The van der Waals surface area contributed by atoms with Crippen molar-refractivity contribution in [2.75, 3.05) is 7.11 Å². The molecule has 0 amide bonds. The van der Waals surface area contributed by atoms with Gasteiger partial charge in [0.15, 0.2) is 0 Å². The van der Waals surface area contributed by atoms with Crippen molar-refractivity contribution in [2.24, 2.45) is 0 Å².